The average Bonchev–Trinajstić information content (AvgIpc) is 3.73. The Morgan fingerprint density at radius 3 is 0.756 bits per heavy atom. The van der Waals surface area contributed by atoms with E-state index in [1.165, 1.54) is 103 Å². The van der Waals surface area contributed by atoms with Gasteiger partial charge in [-0.25, -0.2) is 0 Å². The summed E-state index contributed by atoms with van der Waals surface area (Å²) in [5.41, 5.74) is 0. The Bertz CT molecular complexity index is 716. The second kappa shape index (κ2) is 11.8. The van der Waals surface area contributed by atoms with Crippen molar-refractivity contribution in [2.75, 3.05) is 0 Å². The molecule has 0 aromatic rings. The number of nitrogens with zero attached hydrogens (tertiary/aromatic N) is 2. The van der Waals surface area contributed by atoms with E-state index >= 15 is 0 Å². The maximum Gasteiger partial charge on any atom is 2.00 e. The molecule has 5 saturated heterocycles. The summed E-state index contributed by atoms with van der Waals surface area (Å²) in [5, 5.41) is 36.3. The zero-order valence-electron chi connectivity index (χ0n) is 24.8. The van der Waals surface area contributed by atoms with Gasteiger partial charge in [0.15, 0.2) is 0 Å². The van der Waals surface area contributed by atoms with Crippen LogP contribution in [0.5, 0.6) is 0 Å². The predicted molar refractivity (Wildman–Crippen MR) is 158 cm³/mol. The van der Waals surface area contributed by atoms with E-state index in [-0.39, 0.29) is 41.2 Å². The molecule has 4 saturated carbocycles. The fraction of sp³-hybridized carbons (Fsp3) is 1.00. The van der Waals surface area contributed by atoms with Gasteiger partial charge < -0.3 is 31.9 Å². The molecule has 0 radical (unpaired) electrons. The van der Waals surface area contributed by atoms with Gasteiger partial charge in [0.25, 0.3) is 0 Å². The van der Waals surface area contributed by atoms with Crippen molar-refractivity contribution in [3.8, 4) is 0 Å². The van der Waals surface area contributed by atoms with E-state index in [0.29, 0.717) is 72.0 Å². The van der Waals surface area contributed by atoms with Crippen LogP contribution in [0, 0.1) is 47.3 Å². The van der Waals surface area contributed by atoms with Gasteiger partial charge in [0, 0.05) is 0 Å². The second-order valence-electron chi connectivity index (χ2n) is 15.4. The summed E-state index contributed by atoms with van der Waals surface area (Å²) in [4.78, 5) is 0. The van der Waals surface area contributed by atoms with Crippen molar-refractivity contribution < 1.29 is 16.5 Å². The predicted octanol–water partition coefficient (Wildman–Crippen LogP) is 4.17. The smallest absolute Gasteiger partial charge is 0.632 e. The first kappa shape index (κ1) is 28.6. The van der Waals surface area contributed by atoms with Gasteiger partial charge in [0.2, 0.25) is 0 Å². The van der Waals surface area contributed by atoms with Crippen LogP contribution >= 0.6 is 0 Å². The van der Waals surface area contributed by atoms with E-state index in [1.54, 1.807) is 0 Å². The van der Waals surface area contributed by atoms with Crippen molar-refractivity contribution >= 4 is 0 Å². The largest absolute Gasteiger partial charge is 2.00 e. The van der Waals surface area contributed by atoms with E-state index in [4.69, 9.17) is 10.6 Å². The first-order chi connectivity index (χ1) is 19.8. The molecule has 5 heterocycles. The molecule has 41 heavy (non-hydrogen) atoms. The summed E-state index contributed by atoms with van der Waals surface area (Å²) < 4.78 is 0. The summed E-state index contributed by atoms with van der Waals surface area (Å²) >= 11 is 0. The summed E-state index contributed by atoms with van der Waals surface area (Å²) in [7, 11) is 0. The molecule has 4 aliphatic carbocycles. The van der Waals surface area contributed by atoms with Gasteiger partial charge in [0.1, 0.15) is 0 Å². The van der Waals surface area contributed by atoms with Crippen molar-refractivity contribution in [1.29, 1.82) is 0 Å². The number of hydrogen-bond acceptors (Lipinski definition) is 6. The normalized spacial score (nSPS) is 56.2. The van der Waals surface area contributed by atoms with Gasteiger partial charge in [-0.2, -0.15) is 0 Å². The Morgan fingerprint density at radius 2 is 0.512 bits per heavy atom. The Labute approximate surface area is 257 Å². The quantitative estimate of drug-likeness (QED) is 0.231. The minimum absolute atomic E-state index is 0. The van der Waals surface area contributed by atoms with Crippen molar-refractivity contribution in [1.82, 2.24) is 31.9 Å². The fourth-order valence-corrected chi connectivity index (χ4v) is 11.7. The second-order valence-corrected chi connectivity index (χ2v) is 15.4. The van der Waals surface area contributed by atoms with E-state index in [0.717, 1.165) is 0 Å². The zero-order chi connectivity index (χ0) is 26.2. The number of hydrogen-bond donors (Lipinski definition) is 6. The van der Waals surface area contributed by atoms with Gasteiger partial charge in [-0.1, -0.05) is 102 Å². The topological polar surface area (TPSA) is 100 Å². The molecule has 0 aromatic carbocycles. The van der Waals surface area contributed by atoms with Crippen LogP contribution in [-0.4, -0.2) is 49.3 Å². The molecule has 9 rings (SSSR count). The monoisotopic (exact) mass is 608 g/mol. The molecule has 9 fully saturated rings. The Kier molecular flexibility index (Phi) is 8.27. The molecule has 0 spiro atoms. The maximum atomic E-state index is 5.61. The first-order valence-electron chi connectivity index (χ1n) is 17.8. The standard InChI is InChI=1S/C32H54N8.Ni/c1-2-10-18-17(9-1)25-33-26(18)38-28-21-13-5-6-14-22(21)30(35-28)40-32-24-16-8-7-15-23(24)31(36-32)39-29-20-12-4-3-11-19(20)27(34-29)37-25;/h17-33,36-40H,1-16H2;/q-2;+2. The van der Waals surface area contributed by atoms with Gasteiger partial charge >= 0.3 is 16.5 Å². The van der Waals surface area contributed by atoms with E-state index in [2.05, 4.69) is 31.9 Å². The van der Waals surface area contributed by atoms with Crippen molar-refractivity contribution in [3.63, 3.8) is 0 Å². The van der Waals surface area contributed by atoms with E-state index in [1.807, 2.05) is 0 Å². The van der Waals surface area contributed by atoms with Crippen LogP contribution in [0.1, 0.15) is 103 Å². The molecule has 0 aromatic heterocycles. The molecule has 16 atom stereocenters. The summed E-state index contributed by atoms with van der Waals surface area (Å²) in [6, 6.07) is 0. The molecule has 5 aliphatic heterocycles. The summed E-state index contributed by atoms with van der Waals surface area (Å²) in [6.45, 7) is 0. The van der Waals surface area contributed by atoms with Crippen molar-refractivity contribution in [3.05, 3.63) is 10.6 Å². The molecule has 9 aliphatic rings. The van der Waals surface area contributed by atoms with Gasteiger partial charge in [-0.3, -0.25) is 10.6 Å². The molecular formula is C32H54N8Ni. The number of fused-ring (bicyclic) bond motifs is 20. The molecule has 0 amide bonds. The summed E-state index contributed by atoms with van der Waals surface area (Å²) in [5.74, 6) is 5.59. The van der Waals surface area contributed by atoms with Crippen LogP contribution in [0.15, 0.2) is 0 Å². The maximum absolute atomic E-state index is 5.61. The van der Waals surface area contributed by atoms with Crippen molar-refractivity contribution in [2.24, 2.45) is 47.3 Å². The fourth-order valence-electron chi connectivity index (χ4n) is 11.7. The van der Waals surface area contributed by atoms with E-state index in [9.17, 15) is 0 Å². The molecule has 8 bridgehead atoms. The van der Waals surface area contributed by atoms with Crippen LogP contribution in [0.3, 0.4) is 0 Å². The third kappa shape index (κ3) is 5.00. The van der Waals surface area contributed by atoms with Crippen LogP contribution in [0.2, 0.25) is 0 Å². The zero-order valence-corrected chi connectivity index (χ0v) is 25.7. The molecule has 232 valence electrons. The van der Waals surface area contributed by atoms with Crippen LogP contribution in [0.4, 0.5) is 0 Å². The average molecular weight is 610 g/mol. The van der Waals surface area contributed by atoms with Crippen molar-refractivity contribution in [2.45, 2.75) is 152 Å². The minimum Gasteiger partial charge on any atom is -0.632 e. The third-order valence-corrected chi connectivity index (χ3v) is 13.6. The molecule has 16 unspecified atom stereocenters. The Morgan fingerprint density at radius 1 is 0.293 bits per heavy atom. The number of rotatable bonds is 0. The van der Waals surface area contributed by atoms with Crippen LogP contribution < -0.4 is 31.9 Å². The Balaban J connectivity index is 0.00000256. The summed E-state index contributed by atoms with van der Waals surface area (Å²) in [6.07, 6.45) is 24.5. The van der Waals surface area contributed by atoms with Gasteiger partial charge in [-0.15, -0.1) is 0 Å². The van der Waals surface area contributed by atoms with E-state index < -0.39 is 0 Å². The molecule has 6 N–H and O–H groups in total. The van der Waals surface area contributed by atoms with Crippen LogP contribution in [0.25, 0.3) is 10.6 Å². The van der Waals surface area contributed by atoms with Crippen LogP contribution in [-0.2, 0) is 16.5 Å². The first-order valence-corrected chi connectivity index (χ1v) is 17.8. The SMILES string of the molecule is C1CCC2C3[N-]C(NC4NC(NC5[N-]C(NC6NC(N3)C3CCCCC63)C3CCCCC53)C3CCCCC43)C2C1.[Ni+2]. The molecule has 8 nitrogen and oxygen atoms in total. The number of nitrogens with one attached hydrogen (secondary N) is 6. The third-order valence-electron chi connectivity index (χ3n) is 13.6. The van der Waals surface area contributed by atoms with Gasteiger partial charge in [-0.05, 0) is 73.0 Å². The Hall–Kier alpha value is 0.174. The minimum atomic E-state index is 0. The molecular weight excluding hydrogens is 555 g/mol. The molecule has 9 heteroatoms. The van der Waals surface area contributed by atoms with Gasteiger partial charge in [0.05, 0.1) is 24.7 Å².